The molecule has 0 bridgehead atoms. The van der Waals surface area contributed by atoms with Gasteiger partial charge in [-0.2, -0.15) is 0 Å². The third kappa shape index (κ3) is 7.59. The number of hydrogen-bond acceptors (Lipinski definition) is 3. The van der Waals surface area contributed by atoms with Crippen LogP contribution in [-0.4, -0.2) is 16.6 Å². The van der Waals surface area contributed by atoms with Crippen molar-refractivity contribution in [2.45, 2.75) is 13.8 Å². The Morgan fingerprint density at radius 2 is 1.64 bits per heavy atom. The number of benzene rings is 1. The summed E-state index contributed by atoms with van der Waals surface area (Å²) in [5.74, 6) is 2.75. The topological polar surface area (TPSA) is 20.2 Å². The first-order valence-corrected chi connectivity index (χ1v) is 7.68. The van der Waals surface area contributed by atoms with E-state index in [0.717, 1.165) is 4.47 Å². The van der Waals surface area contributed by atoms with E-state index in [4.69, 9.17) is 5.11 Å². The SMILES string of the molecule is CCSSCC.Oc1ccccc1Br. The van der Waals surface area contributed by atoms with Crippen molar-refractivity contribution in [3.63, 3.8) is 0 Å². The summed E-state index contributed by atoms with van der Waals surface area (Å²) in [4.78, 5) is 0. The first-order valence-electron chi connectivity index (χ1n) is 4.40. The summed E-state index contributed by atoms with van der Waals surface area (Å²) in [7, 11) is 3.85. The molecule has 14 heavy (non-hydrogen) atoms. The van der Waals surface area contributed by atoms with Crippen LogP contribution < -0.4 is 0 Å². The van der Waals surface area contributed by atoms with Crippen LogP contribution in [0, 0.1) is 0 Å². The largest absolute Gasteiger partial charge is 0.507 e. The lowest BCUT2D eigenvalue weighted by Gasteiger charge is -1.90. The van der Waals surface area contributed by atoms with E-state index in [0.29, 0.717) is 0 Å². The van der Waals surface area contributed by atoms with E-state index >= 15 is 0 Å². The van der Waals surface area contributed by atoms with E-state index in [1.54, 1.807) is 18.2 Å². The summed E-state index contributed by atoms with van der Waals surface area (Å²) in [5, 5.41) is 8.87. The average molecular weight is 295 g/mol. The van der Waals surface area contributed by atoms with Crippen molar-refractivity contribution in [3.05, 3.63) is 28.7 Å². The summed E-state index contributed by atoms with van der Waals surface area (Å²) in [6.07, 6.45) is 0. The molecule has 0 heterocycles. The molecule has 1 N–H and O–H groups in total. The molecular formula is C10H15BrOS2. The summed E-state index contributed by atoms with van der Waals surface area (Å²) in [6.45, 7) is 4.35. The van der Waals surface area contributed by atoms with E-state index in [9.17, 15) is 0 Å². The van der Waals surface area contributed by atoms with Crippen LogP contribution in [0.2, 0.25) is 0 Å². The molecule has 1 aromatic carbocycles. The molecule has 0 aliphatic heterocycles. The highest BCUT2D eigenvalue weighted by Crippen LogP contribution is 2.21. The Bertz CT molecular complexity index is 218. The van der Waals surface area contributed by atoms with Crippen LogP contribution in [-0.2, 0) is 0 Å². The maximum atomic E-state index is 8.87. The molecule has 0 radical (unpaired) electrons. The summed E-state index contributed by atoms with van der Waals surface area (Å²) in [5.41, 5.74) is 0. The number of phenols is 1. The predicted molar refractivity (Wildman–Crippen MR) is 72.1 cm³/mol. The number of hydrogen-bond donors (Lipinski definition) is 1. The lowest BCUT2D eigenvalue weighted by molar-refractivity contribution is 0.472. The van der Waals surface area contributed by atoms with E-state index in [2.05, 4.69) is 29.8 Å². The van der Waals surface area contributed by atoms with Gasteiger partial charge in [-0.05, 0) is 28.1 Å². The molecule has 0 fully saturated rings. The van der Waals surface area contributed by atoms with Crippen LogP contribution in [0.15, 0.2) is 28.7 Å². The van der Waals surface area contributed by atoms with E-state index < -0.39 is 0 Å². The molecule has 0 saturated heterocycles. The fraction of sp³-hybridized carbons (Fsp3) is 0.400. The Morgan fingerprint density at radius 1 is 1.14 bits per heavy atom. The molecule has 4 heteroatoms. The summed E-state index contributed by atoms with van der Waals surface area (Å²) in [6, 6.07) is 7.04. The Kier molecular flexibility index (Phi) is 9.88. The van der Waals surface area contributed by atoms with Gasteiger partial charge < -0.3 is 5.11 Å². The molecule has 0 aliphatic carbocycles. The highest BCUT2D eigenvalue weighted by molar-refractivity contribution is 9.10. The molecule has 0 saturated carbocycles. The molecule has 1 aromatic rings. The Labute approximate surface area is 102 Å². The van der Waals surface area contributed by atoms with Crippen molar-refractivity contribution in [3.8, 4) is 5.75 Å². The standard InChI is InChI=1S/C6H5BrO.C4H10S2/c7-5-3-1-2-4-6(5)8;1-3-5-6-4-2/h1-4,8H;3-4H2,1-2H3. The highest BCUT2D eigenvalue weighted by Gasteiger charge is 1.89. The lowest BCUT2D eigenvalue weighted by Crippen LogP contribution is -1.63. The van der Waals surface area contributed by atoms with Crippen LogP contribution in [0.5, 0.6) is 5.75 Å². The molecule has 0 atom stereocenters. The van der Waals surface area contributed by atoms with Gasteiger partial charge in [-0.1, -0.05) is 47.6 Å². The zero-order chi connectivity index (χ0) is 10.8. The Hall–Kier alpha value is 0.200. The normalized spacial score (nSPS) is 9.07. The monoisotopic (exact) mass is 294 g/mol. The first kappa shape index (κ1) is 14.2. The summed E-state index contributed by atoms with van der Waals surface area (Å²) < 4.78 is 0.736. The zero-order valence-electron chi connectivity index (χ0n) is 8.37. The minimum Gasteiger partial charge on any atom is -0.507 e. The quantitative estimate of drug-likeness (QED) is 0.652. The second-order valence-electron chi connectivity index (χ2n) is 2.26. The highest BCUT2D eigenvalue weighted by atomic mass is 79.9. The molecule has 0 aliphatic rings. The van der Waals surface area contributed by atoms with Gasteiger partial charge in [0.2, 0.25) is 0 Å². The second-order valence-corrected chi connectivity index (χ2v) is 6.16. The third-order valence-electron chi connectivity index (χ3n) is 1.17. The lowest BCUT2D eigenvalue weighted by atomic mass is 10.3. The second kappa shape index (κ2) is 9.74. The van der Waals surface area contributed by atoms with Crippen LogP contribution in [0.3, 0.4) is 0 Å². The van der Waals surface area contributed by atoms with Gasteiger partial charge in [0, 0.05) is 11.5 Å². The first-order chi connectivity index (χ1) is 6.72. The van der Waals surface area contributed by atoms with Gasteiger partial charge in [0.25, 0.3) is 0 Å². The van der Waals surface area contributed by atoms with Crippen LogP contribution in [0.25, 0.3) is 0 Å². The van der Waals surface area contributed by atoms with E-state index in [-0.39, 0.29) is 5.75 Å². The average Bonchev–Trinajstić information content (AvgIpc) is 2.20. The molecule has 0 unspecified atom stereocenters. The fourth-order valence-corrected chi connectivity index (χ4v) is 2.24. The van der Waals surface area contributed by atoms with Crippen molar-refractivity contribution in [2.24, 2.45) is 0 Å². The van der Waals surface area contributed by atoms with Crippen molar-refractivity contribution in [2.75, 3.05) is 11.5 Å². The minimum absolute atomic E-state index is 0.285. The Morgan fingerprint density at radius 3 is 1.93 bits per heavy atom. The third-order valence-corrected chi connectivity index (χ3v) is 4.39. The smallest absolute Gasteiger partial charge is 0.129 e. The van der Waals surface area contributed by atoms with Gasteiger partial charge >= 0.3 is 0 Å². The van der Waals surface area contributed by atoms with Crippen LogP contribution in [0.4, 0.5) is 0 Å². The fourth-order valence-electron chi connectivity index (χ4n) is 0.618. The molecule has 80 valence electrons. The van der Waals surface area contributed by atoms with Gasteiger partial charge in [0.1, 0.15) is 5.75 Å². The number of phenolic OH excluding ortho intramolecular Hbond substituents is 1. The van der Waals surface area contributed by atoms with Crippen molar-refractivity contribution in [1.29, 1.82) is 0 Å². The van der Waals surface area contributed by atoms with Gasteiger partial charge in [-0.15, -0.1) is 0 Å². The molecule has 1 nitrogen and oxygen atoms in total. The Balaban J connectivity index is 0.000000255. The summed E-state index contributed by atoms with van der Waals surface area (Å²) >= 11 is 3.15. The van der Waals surface area contributed by atoms with Crippen molar-refractivity contribution in [1.82, 2.24) is 0 Å². The molecular weight excluding hydrogens is 280 g/mol. The minimum atomic E-state index is 0.285. The van der Waals surface area contributed by atoms with Gasteiger partial charge in [0.05, 0.1) is 4.47 Å². The van der Waals surface area contributed by atoms with Gasteiger partial charge in [-0.25, -0.2) is 0 Å². The van der Waals surface area contributed by atoms with Crippen molar-refractivity contribution >= 4 is 37.5 Å². The molecule has 0 aromatic heterocycles. The maximum Gasteiger partial charge on any atom is 0.129 e. The van der Waals surface area contributed by atoms with E-state index in [1.807, 2.05) is 27.7 Å². The zero-order valence-corrected chi connectivity index (χ0v) is 11.6. The number of para-hydroxylation sites is 1. The molecule has 0 amide bonds. The maximum absolute atomic E-state index is 8.87. The number of aromatic hydroxyl groups is 1. The predicted octanol–water partition coefficient (Wildman–Crippen LogP) is 4.56. The van der Waals surface area contributed by atoms with Crippen LogP contribution in [0.1, 0.15) is 13.8 Å². The molecule has 0 spiro atoms. The van der Waals surface area contributed by atoms with Crippen molar-refractivity contribution < 1.29 is 5.11 Å². The van der Waals surface area contributed by atoms with Crippen LogP contribution >= 0.6 is 37.5 Å². The van der Waals surface area contributed by atoms with Gasteiger partial charge in [-0.3, -0.25) is 0 Å². The molecule has 1 rings (SSSR count). The van der Waals surface area contributed by atoms with E-state index in [1.165, 1.54) is 11.5 Å². The van der Waals surface area contributed by atoms with Gasteiger partial charge in [0.15, 0.2) is 0 Å². The number of halogens is 1. The number of rotatable bonds is 3.